The van der Waals surface area contributed by atoms with Crippen LogP contribution in [-0.2, 0) is 0 Å². The average Bonchev–Trinajstić information content (AvgIpc) is 2.30. The van der Waals surface area contributed by atoms with Crippen molar-refractivity contribution in [1.82, 2.24) is 0 Å². The highest BCUT2D eigenvalue weighted by atomic mass is 16.3. The molecule has 1 aliphatic rings. The van der Waals surface area contributed by atoms with Crippen molar-refractivity contribution in [3.05, 3.63) is 29.8 Å². The third kappa shape index (κ3) is 2.36. The first kappa shape index (κ1) is 11.4. The van der Waals surface area contributed by atoms with Crippen molar-refractivity contribution in [2.45, 2.75) is 25.3 Å². The predicted molar refractivity (Wildman–Crippen MR) is 66.6 cm³/mol. The first-order chi connectivity index (χ1) is 7.63. The van der Waals surface area contributed by atoms with E-state index in [1.807, 2.05) is 0 Å². The lowest BCUT2D eigenvalue weighted by molar-refractivity contribution is 0.177. The summed E-state index contributed by atoms with van der Waals surface area (Å²) < 4.78 is 0. The third-order valence-corrected chi connectivity index (χ3v) is 3.32. The van der Waals surface area contributed by atoms with Crippen LogP contribution in [0.15, 0.2) is 24.3 Å². The van der Waals surface area contributed by atoms with Gasteiger partial charge in [-0.15, -0.1) is 0 Å². The molecule has 1 atom stereocenters. The molecule has 2 rings (SSSR count). The van der Waals surface area contributed by atoms with Crippen molar-refractivity contribution in [1.29, 1.82) is 0 Å². The summed E-state index contributed by atoms with van der Waals surface area (Å²) in [5.41, 5.74) is 8.16. The number of piperidine rings is 1. The molecule has 0 aromatic heterocycles. The molecule has 0 radical (unpaired) electrons. The molecule has 1 aromatic carbocycles. The number of aliphatic hydroxyl groups is 1. The van der Waals surface area contributed by atoms with Gasteiger partial charge in [-0.05, 0) is 31.9 Å². The lowest BCUT2D eigenvalue weighted by atomic mass is 9.90. The van der Waals surface area contributed by atoms with Crippen molar-refractivity contribution in [3.8, 4) is 0 Å². The minimum Gasteiger partial charge on any atom is -0.394 e. The molecule has 0 amide bonds. The molecule has 3 nitrogen and oxygen atoms in total. The Morgan fingerprint density at radius 1 is 1.38 bits per heavy atom. The second kappa shape index (κ2) is 4.44. The quantitative estimate of drug-likeness (QED) is 0.789. The Balaban J connectivity index is 2.12. The number of aliphatic hydroxyl groups excluding tert-OH is 1. The van der Waals surface area contributed by atoms with Crippen LogP contribution in [0.4, 0.5) is 5.69 Å². The Labute approximate surface area is 96.9 Å². The molecule has 0 bridgehead atoms. The van der Waals surface area contributed by atoms with Gasteiger partial charge in [-0.3, -0.25) is 0 Å². The van der Waals surface area contributed by atoms with Crippen molar-refractivity contribution >= 4 is 5.69 Å². The van der Waals surface area contributed by atoms with Gasteiger partial charge in [-0.2, -0.15) is 0 Å². The van der Waals surface area contributed by atoms with Crippen molar-refractivity contribution in [2.24, 2.45) is 5.73 Å². The van der Waals surface area contributed by atoms with Crippen molar-refractivity contribution in [2.75, 3.05) is 24.6 Å². The maximum Gasteiger partial charge on any atom is 0.0628 e. The Bertz CT molecular complexity index is 349. The van der Waals surface area contributed by atoms with Crippen LogP contribution in [0.25, 0.3) is 0 Å². The Kier molecular flexibility index (Phi) is 3.17. The summed E-state index contributed by atoms with van der Waals surface area (Å²) in [6.45, 7) is 3.92. The van der Waals surface area contributed by atoms with E-state index in [9.17, 15) is 5.11 Å². The maximum atomic E-state index is 9.31. The largest absolute Gasteiger partial charge is 0.394 e. The van der Waals surface area contributed by atoms with Crippen LogP contribution in [0, 0.1) is 6.92 Å². The number of benzene rings is 1. The van der Waals surface area contributed by atoms with Gasteiger partial charge in [0.15, 0.2) is 0 Å². The van der Waals surface area contributed by atoms with Crippen LogP contribution in [0.5, 0.6) is 0 Å². The number of aryl methyl sites for hydroxylation is 1. The zero-order valence-corrected chi connectivity index (χ0v) is 9.82. The smallest absolute Gasteiger partial charge is 0.0628 e. The molecule has 0 spiro atoms. The number of nitrogens with zero attached hydrogens (tertiary/aromatic N) is 1. The van der Waals surface area contributed by atoms with Gasteiger partial charge in [0, 0.05) is 18.8 Å². The fourth-order valence-corrected chi connectivity index (χ4v) is 2.27. The second-order valence-corrected chi connectivity index (χ2v) is 4.88. The Morgan fingerprint density at radius 2 is 2.06 bits per heavy atom. The fourth-order valence-electron chi connectivity index (χ4n) is 2.27. The van der Waals surface area contributed by atoms with Gasteiger partial charge in [0.2, 0.25) is 0 Å². The van der Waals surface area contributed by atoms with E-state index in [2.05, 4.69) is 36.1 Å². The van der Waals surface area contributed by atoms with Gasteiger partial charge in [0.25, 0.3) is 0 Å². The summed E-state index contributed by atoms with van der Waals surface area (Å²) in [5.74, 6) is 0. The van der Waals surface area contributed by atoms with Gasteiger partial charge < -0.3 is 15.7 Å². The maximum absolute atomic E-state index is 9.31. The second-order valence-electron chi connectivity index (χ2n) is 4.88. The zero-order chi connectivity index (χ0) is 11.6. The highest BCUT2D eigenvalue weighted by Crippen LogP contribution is 2.24. The van der Waals surface area contributed by atoms with E-state index >= 15 is 0 Å². The molecule has 1 saturated heterocycles. The first-order valence-corrected chi connectivity index (χ1v) is 5.84. The van der Waals surface area contributed by atoms with Crippen LogP contribution in [0.2, 0.25) is 0 Å². The number of anilines is 1. The number of hydrogen-bond donors (Lipinski definition) is 2. The molecule has 3 heteroatoms. The molecule has 1 fully saturated rings. The molecular weight excluding hydrogens is 200 g/mol. The molecule has 1 unspecified atom stereocenters. The molecule has 1 aromatic rings. The Hall–Kier alpha value is -1.06. The average molecular weight is 220 g/mol. The molecule has 88 valence electrons. The van der Waals surface area contributed by atoms with E-state index in [1.54, 1.807) is 0 Å². The zero-order valence-electron chi connectivity index (χ0n) is 9.82. The van der Waals surface area contributed by atoms with Gasteiger partial charge in [-0.1, -0.05) is 17.7 Å². The fraction of sp³-hybridized carbons (Fsp3) is 0.538. The molecule has 0 aliphatic carbocycles. The summed E-state index contributed by atoms with van der Waals surface area (Å²) in [6, 6.07) is 8.47. The lowest BCUT2D eigenvalue weighted by Crippen LogP contribution is -2.56. The highest BCUT2D eigenvalue weighted by Gasteiger charge is 2.30. The van der Waals surface area contributed by atoms with Gasteiger partial charge in [0.05, 0.1) is 12.1 Å². The summed E-state index contributed by atoms with van der Waals surface area (Å²) in [4.78, 5) is 2.26. The summed E-state index contributed by atoms with van der Waals surface area (Å²) in [5, 5.41) is 9.31. The summed E-state index contributed by atoms with van der Waals surface area (Å²) in [7, 11) is 0. The van der Waals surface area contributed by atoms with E-state index in [0.29, 0.717) is 0 Å². The van der Waals surface area contributed by atoms with Gasteiger partial charge in [-0.25, -0.2) is 0 Å². The number of hydrogen-bond acceptors (Lipinski definition) is 3. The normalized spacial score (nSPS) is 25.8. The van der Waals surface area contributed by atoms with Gasteiger partial charge >= 0.3 is 0 Å². The predicted octanol–water partition coefficient (Wildman–Crippen LogP) is 1.29. The van der Waals surface area contributed by atoms with Crippen molar-refractivity contribution in [3.63, 3.8) is 0 Å². The SMILES string of the molecule is Cc1ccc(N2CCCC(N)(CO)C2)cc1. The van der Waals surface area contributed by atoms with Crippen LogP contribution < -0.4 is 10.6 Å². The van der Waals surface area contributed by atoms with E-state index in [0.717, 1.165) is 25.9 Å². The molecule has 1 heterocycles. The van der Waals surface area contributed by atoms with E-state index in [1.165, 1.54) is 11.3 Å². The minimum absolute atomic E-state index is 0.0648. The first-order valence-electron chi connectivity index (χ1n) is 5.84. The molecule has 0 saturated carbocycles. The monoisotopic (exact) mass is 220 g/mol. The third-order valence-electron chi connectivity index (χ3n) is 3.32. The standard InChI is InChI=1S/C13H20N2O/c1-11-3-5-12(6-4-11)15-8-2-7-13(14,9-15)10-16/h3-6,16H,2,7-10,14H2,1H3. The van der Waals surface area contributed by atoms with Crippen LogP contribution >= 0.6 is 0 Å². The molecule has 1 aliphatic heterocycles. The number of nitrogens with two attached hydrogens (primary N) is 1. The number of rotatable bonds is 2. The Morgan fingerprint density at radius 3 is 2.69 bits per heavy atom. The molecule has 16 heavy (non-hydrogen) atoms. The minimum atomic E-state index is -0.427. The van der Waals surface area contributed by atoms with E-state index in [-0.39, 0.29) is 6.61 Å². The highest BCUT2D eigenvalue weighted by molar-refractivity contribution is 5.48. The van der Waals surface area contributed by atoms with Crippen molar-refractivity contribution < 1.29 is 5.11 Å². The van der Waals surface area contributed by atoms with E-state index < -0.39 is 5.54 Å². The molecule has 3 N–H and O–H groups in total. The molecular formula is C13H20N2O. The van der Waals surface area contributed by atoms with Gasteiger partial charge in [0.1, 0.15) is 0 Å². The summed E-state index contributed by atoms with van der Waals surface area (Å²) in [6.07, 6.45) is 1.96. The topological polar surface area (TPSA) is 49.5 Å². The van der Waals surface area contributed by atoms with Crippen LogP contribution in [0.1, 0.15) is 18.4 Å². The van der Waals surface area contributed by atoms with E-state index in [4.69, 9.17) is 5.73 Å². The van der Waals surface area contributed by atoms with Crippen LogP contribution in [0.3, 0.4) is 0 Å². The lowest BCUT2D eigenvalue weighted by Gasteiger charge is -2.40. The van der Waals surface area contributed by atoms with Crippen LogP contribution in [-0.4, -0.2) is 30.3 Å². The summed E-state index contributed by atoms with van der Waals surface area (Å²) >= 11 is 0.